The fraction of sp³-hybridized carbons (Fsp3) is 0.529. The second-order valence-corrected chi connectivity index (χ2v) is 5.43. The van der Waals surface area contributed by atoms with Crippen LogP contribution < -0.4 is 4.74 Å². The molecule has 1 unspecified atom stereocenters. The van der Waals surface area contributed by atoms with Crippen molar-refractivity contribution in [2.24, 2.45) is 5.92 Å². The summed E-state index contributed by atoms with van der Waals surface area (Å²) in [7, 11) is 1.71. The first-order chi connectivity index (χ1) is 9.72. The van der Waals surface area contributed by atoms with E-state index in [0.29, 0.717) is 6.42 Å². The summed E-state index contributed by atoms with van der Waals surface area (Å²) < 4.78 is 5.45. The van der Waals surface area contributed by atoms with E-state index in [4.69, 9.17) is 9.84 Å². The minimum Gasteiger partial charge on any atom is -0.496 e. The average molecular weight is 273 g/mol. The normalized spacial score (nSPS) is 18.6. The Labute approximate surface area is 121 Å². The Morgan fingerprint density at radius 3 is 2.95 bits per heavy atom. The number of aliphatic hydroxyl groups is 1. The van der Waals surface area contributed by atoms with E-state index < -0.39 is 0 Å². The van der Waals surface area contributed by atoms with Gasteiger partial charge in [0.05, 0.1) is 13.7 Å². The molecule has 3 nitrogen and oxygen atoms in total. The third-order valence-electron chi connectivity index (χ3n) is 3.65. The van der Waals surface area contributed by atoms with E-state index >= 15 is 0 Å². The van der Waals surface area contributed by atoms with Crippen molar-refractivity contribution in [1.29, 1.82) is 0 Å². The molecule has 0 radical (unpaired) electrons. The van der Waals surface area contributed by atoms with Crippen molar-refractivity contribution < 1.29 is 9.84 Å². The molecule has 3 heteroatoms. The van der Waals surface area contributed by atoms with Crippen molar-refractivity contribution in [3.8, 4) is 17.6 Å². The smallest absolute Gasteiger partial charge is 0.123 e. The Hall–Kier alpha value is -1.50. The van der Waals surface area contributed by atoms with Gasteiger partial charge in [-0.1, -0.05) is 18.8 Å². The van der Waals surface area contributed by atoms with Gasteiger partial charge in [-0.05, 0) is 37.1 Å². The van der Waals surface area contributed by atoms with Gasteiger partial charge < -0.3 is 9.84 Å². The summed E-state index contributed by atoms with van der Waals surface area (Å²) in [4.78, 5) is 2.47. The standard InChI is InChI=1S/C17H23NO2/c1-14-8-9-18(12-14)13-16-11-15(5-3-4-10-19)6-7-17(16)20-2/h6-7,11,14,19H,4,8-10,12-13H2,1-2H3. The van der Waals surface area contributed by atoms with Crippen molar-refractivity contribution in [2.75, 3.05) is 26.8 Å². The number of benzene rings is 1. The highest BCUT2D eigenvalue weighted by Gasteiger charge is 2.19. The van der Waals surface area contributed by atoms with Gasteiger partial charge in [-0.25, -0.2) is 0 Å². The fourth-order valence-electron chi connectivity index (χ4n) is 2.61. The minimum absolute atomic E-state index is 0.113. The average Bonchev–Trinajstić information content (AvgIpc) is 2.85. The first-order valence-corrected chi connectivity index (χ1v) is 7.22. The number of methoxy groups -OCH3 is 1. The maximum Gasteiger partial charge on any atom is 0.123 e. The quantitative estimate of drug-likeness (QED) is 0.854. The molecule has 1 aliphatic rings. The largest absolute Gasteiger partial charge is 0.496 e. The lowest BCUT2D eigenvalue weighted by atomic mass is 10.1. The van der Waals surface area contributed by atoms with Gasteiger partial charge in [-0.3, -0.25) is 4.90 Å². The van der Waals surface area contributed by atoms with Crippen molar-refractivity contribution in [2.45, 2.75) is 26.3 Å². The van der Waals surface area contributed by atoms with E-state index in [9.17, 15) is 0 Å². The molecule has 2 rings (SSSR count). The number of rotatable bonds is 4. The van der Waals surface area contributed by atoms with Crippen LogP contribution in [0.2, 0.25) is 0 Å². The molecule has 108 valence electrons. The maximum atomic E-state index is 8.77. The molecule has 1 fully saturated rings. The lowest BCUT2D eigenvalue weighted by molar-refractivity contribution is 0.305. The fourth-order valence-corrected chi connectivity index (χ4v) is 2.61. The Bertz CT molecular complexity index is 501. The summed E-state index contributed by atoms with van der Waals surface area (Å²) in [5.41, 5.74) is 2.18. The van der Waals surface area contributed by atoms with E-state index in [1.54, 1.807) is 7.11 Å². The Kier molecular flexibility index (Phi) is 5.46. The molecular formula is C17H23NO2. The molecule has 0 bridgehead atoms. The Morgan fingerprint density at radius 1 is 1.45 bits per heavy atom. The monoisotopic (exact) mass is 273 g/mol. The van der Waals surface area contributed by atoms with E-state index in [2.05, 4.69) is 29.7 Å². The van der Waals surface area contributed by atoms with Gasteiger partial charge in [0.1, 0.15) is 5.75 Å². The first kappa shape index (κ1) is 14.9. The molecule has 1 heterocycles. The molecule has 1 saturated heterocycles. The lowest BCUT2D eigenvalue weighted by Gasteiger charge is -2.17. The molecule has 20 heavy (non-hydrogen) atoms. The van der Waals surface area contributed by atoms with Crippen LogP contribution in [-0.4, -0.2) is 36.8 Å². The van der Waals surface area contributed by atoms with Crippen LogP contribution in [0.1, 0.15) is 30.9 Å². The van der Waals surface area contributed by atoms with Gasteiger partial charge in [0.15, 0.2) is 0 Å². The van der Waals surface area contributed by atoms with E-state index in [0.717, 1.165) is 36.9 Å². The molecule has 1 aliphatic heterocycles. The van der Waals surface area contributed by atoms with Crippen molar-refractivity contribution in [3.63, 3.8) is 0 Å². The predicted molar refractivity (Wildman–Crippen MR) is 80.6 cm³/mol. The topological polar surface area (TPSA) is 32.7 Å². The first-order valence-electron chi connectivity index (χ1n) is 7.22. The molecule has 0 spiro atoms. The molecule has 1 aromatic rings. The number of aliphatic hydroxyl groups excluding tert-OH is 1. The molecule has 1 N–H and O–H groups in total. The Morgan fingerprint density at radius 2 is 2.30 bits per heavy atom. The van der Waals surface area contributed by atoms with Gasteiger partial charge in [0, 0.05) is 30.6 Å². The summed E-state index contributed by atoms with van der Waals surface area (Å²) >= 11 is 0. The van der Waals surface area contributed by atoms with Crippen molar-refractivity contribution >= 4 is 0 Å². The Balaban J connectivity index is 2.12. The molecule has 0 aromatic heterocycles. The highest BCUT2D eigenvalue weighted by Crippen LogP contribution is 2.24. The number of hydrogen-bond acceptors (Lipinski definition) is 3. The van der Waals surface area contributed by atoms with Gasteiger partial charge >= 0.3 is 0 Å². The second-order valence-electron chi connectivity index (χ2n) is 5.43. The molecule has 1 atom stereocenters. The van der Waals surface area contributed by atoms with Crippen LogP contribution in [0.25, 0.3) is 0 Å². The van der Waals surface area contributed by atoms with Crippen molar-refractivity contribution in [1.82, 2.24) is 4.90 Å². The van der Waals surface area contributed by atoms with E-state index in [1.807, 2.05) is 12.1 Å². The molecule has 0 aliphatic carbocycles. The third-order valence-corrected chi connectivity index (χ3v) is 3.65. The summed E-state index contributed by atoms with van der Waals surface area (Å²) in [6, 6.07) is 6.06. The van der Waals surface area contributed by atoms with Crippen molar-refractivity contribution in [3.05, 3.63) is 29.3 Å². The van der Waals surface area contributed by atoms with E-state index in [1.165, 1.54) is 12.0 Å². The molecular weight excluding hydrogens is 250 g/mol. The van der Waals surface area contributed by atoms with Crippen LogP contribution in [0.5, 0.6) is 5.75 Å². The van der Waals surface area contributed by atoms with Crippen LogP contribution in [0.4, 0.5) is 0 Å². The molecule has 1 aromatic carbocycles. The summed E-state index contributed by atoms with van der Waals surface area (Å²) in [6.07, 6.45) is 1.79. The number of hydrogen-bond donors (Lipinski definition) is 1. The van der Waals surface area contributed by atoms with Crippen LogP contribution in [0, 0.1) is 17.8 Å². The van der Waals surface area contributed by atoms with Crippen LogP contribution in [-0.2, 0) is 6.54 Å². The van der Waals surface area contributed by atoms with Crippen LogP contribution in [0.15, 0.2) is 18.2 Å². The third kappa shape index (κ3) is 4.00. The highest BCUT2D eigenvalue weighted by atomic mass is 16.5. The molecule has 0 amide bonds. The zero-order chi connectivity index (χ0) is 14.4. The van der Waals surface area contributed by atoms with Gasteiger partial charge in [-0.2, -0.15) is 0 Å². The second kappa shape index (κ2) is 7.33. The summed E-state index contributed by atoms with van der Waals surface area (Å²) in [5, 5.41) is 8.77. The van der Waals surface area contributed by atoms with Crippen LogP contribution in [0.3, 0.4) is 0 Å². The SMILES string of the molecule is COc1ccc(C#CCCO)cc1CN1CCC(C)C1. The van der Waals surface area contributed by atoms with Gasteiger partial charge in [0.2, 0.25) is 0 Å². The maximum absolute atomic E-state index is 8.77. The van der Waals surface area contributed by atoms with E-state index in [-0.39, 0.29) is 6.61 Å². The van der Waals surface area contributed by atoms with Gasteiger partial charge in [0.25, 0.3) is 0 Å². The number of ether oxygens (including phenoxy) is 1. The van der Waals surface area contributed by atoms with Crippen LogP contribution >= 0.6 is 0 Å². The zero-order valence-electron chi connectivity index (χ0n) is 12.4. The minimum atomic E-state index is 0.113. The summed E-state index contributed by atoms with van der Waals surface area (Å²) in [6.45, 7) is 5.65. The molecule has 0 saturated carbocycles. The highest BCUT2D eigenvalue weighted by molar-refractivity contribution is 5.44. The number of nitrogens with zero attached hydrogens (tertiary/aromatic N) is 1. The zero-order valence-corrected chi connectivity index (χ0v) is 12.4. The number of likely N-dealkylation sites (tertiary alicyclic amines) is 1. The lowest BCUT2D eigenvalue weighted by Crippen LogP contribution is -2.20. The summed E-state index contributed by atoms with van der Waals surface area (Å²) in [5.74, 6) is 7.76. The van der Waals surface area contributed by atoms with Gasteiger partial charge in [-0.15, -0.1) is 0 Å². The predicted octanol–water partition coefficient (Wildman–Crippen LogP) is 2.27.